The Kier molecular flexibility index (Phi) is 6.20. The van der Waals surface area contributed by atoms with Crippen LogP contribution in [0.1, 0.15) is 22.0 Å². The van der Waals surface area contributed by atoms with Crippen molar-refractivity contribution in [2.24, 2.45) is 0 Å². The van der Waals surface area contributed by atoms with Crippen LogP contribution in [0.25, 0.3) is 5.69 Å². The number of rotatable bonds is 7. The van der Waals surface area contributed by atoms with Crippen LogP contribution in [0.2, 0.25) is 0 Å². The number of hydrogen-bond donors (Lipinski definition) is 1. The lowest BCUT2D eigenvalue weighted by molar-refractivity contribution is -0.119. The number of carbonyl (C=O) groups excluding carboxylic acids is 1. The molecule has 1 atom stereocenters. The second-order valence-electron chi connectivity index (χ2n) is 6.56. The number of benzene rings is 2. The molecule has 0 spiro atoms. The molecule has 0 saturated carbocycles. The van der Waals surface area contributed by atoms with Gasteiger partial charge in [0, 0.05) is 4.88 Å². The predicted octanol–water partition coefficient (Wildman–Crippen LogP) is 4.17. The van der Waals surface area contributed by atoms with E-state index in [9.17, 15) is 9.18 Å². The molecular formula is C21H18FN5OS2. The molecule has 4 rings (SSSR count). The van der Waals surface area contributed by atoms with Crippen LogP contribution in [0.15, 0.2) is 71.2 Å². The van der Waals surface area contributed by atoms with Gasteiger partial charge in [0.05, 0.1) is 17.5 Å². The molecule has 2 heterocycles. The van der Waals surface area contributed by atoms with Crippen LogP contribution in [0.5, 0.6) is 0 Å². The minimum atomic E-state index is -0.341. The summed E-state index contributed by atoms with van der Waals surface area (Å²) in [4.78, 5) is 13.7. The number of amides is 1. The van der Waals surface area contributed by atoms with Crippen LogP contribution in [0, 0.1) is 12.7 Å². The van der Waals surface area contributed by atoms with Crippen LogP contribution in [0.4, 0.5) is 4.39 Å². The summed E-state index contributed by atoms with van der Waals surface area (Å²) in [6.07, 6.45) is 0. The Hall–Kier alpha value is -3.04. The maximum atomic E-state index is 13.3. The summed E-state index contributed by atoms with van der Waals surface area (Å²) in [5, 5.41) is 17.3. The molecule has 0 aliphatic heterocycles. The van der Waals surface area contributed by atoms with Crippen molar-refractivity contribution in [1.82, 2.24) is 25.5 Å². The Morgan fingerprint density at radius 3 is 2.63 bits per heavy atom. The van der Waals surface area contributed by atoms with Gasteiger partial charge in [0.15, 0.2) is 0 Å². The summed E-state index contributed by atoms with van der Waals surface area (Å²) < 4.78 is 14.9. The standard InChI is InChI=1S/C21H18FN5OS2/c1-14-4-10-17(11-5-14)27-21(24-25-26-27)30-13-19(28)23-20(18-3-2-12-29-18)15-6-8-16(22)9-7-15/h2-12,20H,13H2,1H3,(H,23,28). The van der Waals surface area contributed by atoms with E-state index in [2.05, 4.69) is 20.8 Å². The topological polar surface area (TPSA) is 72.7 Å². The van der Waals surface area contributed by atoms with Crippen LogP contribution < -0.4 is 5.32 Å². The summed E-state index contributed by atoms with van der Waals surface area (Å²) >= 11 is 2.79. The third kappa shape index (κ3) is 4.74. The number of nitrogens with zero attached hydrogens (tertiary/aromatic N) is 4. The molecule has 0 saturated heterocycles. The van der Waals surface area contributed by atoms with Gasteiger partial charge >= 0.3 is 0 Å². The molecule has 2 aromatic carbocycles. The normalized spacial score (nSPS) is 11.9. The Morgan fingerprint density at radius 2 is 1.93 bits per heavy atom. The van der Waals surface area contributed by atoms with Gasteiger partial charge in [0.1, 0.15) is 5.82 Å². The SMILES string of the molecule is Cc1ccc(-n2nnnc2SCC(=O)NC(c2ccc(F)cc2)c2cccs2)cc1. The molecule has 0 aliphatic carbocycles. The van der Waals surface area contributed by atoms with E-state index < -0.39 is 0 Å². The second kappa shape index (κ2) is 9.19. The van der Waals surface area contributed by atoms with Gasteiger partial charge in [0.2, 0.25) is 11.1 Å². The average Bonchev–Trinajstić information content (AvgIpc) is 3.44. The van der Waals surface area contributed by atoms with Crippen LogP contribution in [0.3, 0.4) is 0 Å². The molecule has 0 fully saturated rings. The Morgan fingerprint density at radius 1 is 1.17 bits per heavy atom. The molecule has 0 radical (unpaired) electrons. The van der Waals surface area contributed by atoms with E-state index in [1.54, 1.807) is 16.8 Å². The van der Waals surface area contributed by atoms with E-state index in [1.165, 1.54) is 35.2 Å². The zero-order valence-electron chi connectivity index (χ0n) is 16.0. The first-order chi connectivity index (χ1) is 14.6. The van der Waals surface area contributed by atoms with E-state index in [0.717, 1.165) is 21.7 Å². The van der Waals surface area contributed by atoms with Crippen molar-refractivity contribution in [3.63, 3.8) is 0 Å². The monoisotopic (exact) mass is 439 g/mol. The molecule has 0 bridgehead atoms. The van der Waals surface area contributed by atoms with Gasteiger partial charge in [-0.2, -0.15) is 4.68 Å². The van der Waals surface area contributed by atoms with Crippen molar-refractivity contribution in [2.75, 3.05) is 5.75 Å². The van der Waals surface area contributed by atoms with Crippen molar-refractivity contribution in [3.05, 3.63) is 87.9 Å². The molecule has 30 heavy (non-hydrogen) atoms. The number of carbonyl (C=O) groups is 1. The lowest BCUT2D eigenvalue weighted by Crippen LogP contribution is -2.30. The molecule has 6 nitrogen and oxygen atoms in total. The zero-order valence-corrected chi connectivity index (χ0v) is 17.7. The van der Waals surface area contributed by atoms with Gasteiger partial charge in [-0.3, -0.25) is 4.79 Å². The molecule has 2 aromatic heterocycles. The number of hydrogen-bond acceptors (Lipinski definition) is 6. The van der Waals surface area contributed by atoms with E-state index in [4.69, 9.17) is 0 Å². The largest absolute Gasteiger partial charge is 0.344 e. The van der Waals surface area contributed by atoms with Crippen molar-refractivity contribution in [2.45, 2.75) is 18.1 Å². The lowest BCUT2D eigenvalue weighted by Gasteiger charge is -2.18. The number of aryl methyl sites for hydroxylation is 1. The molecule has 1 N–H and O–H groups in total. The molecule has 0 aliphatic rings. The Bertz CT molecular complexity index is 1110. The van der Waals surface area contributed by atoms with Crippen molar-refractivity contribution < 1.29 is 9.18 Å². The fraction of sp³-hybridized carbons (Fsp3) is 0.143. The van der Waals surface area contributed by atoms with Crippen molar-refractivity contribution in [3.8, 4) is 5.69 Å². The summed E-state index contributed by atoms with van der Waals surface area (Å²) in [6, 6.07) is 17.5. The van der Waals surface area contributed by atoms with Gasteiger partial charge in [-0.25, -0.2) is 4.39 Å². The van der Waals surface area contributed by atoms with E-state index >= 15 is 0 Å². The first-order valence-corrected chi connectivity index (χ1v) is 11.0. The highest BCUT2D eigenvalue weighted by molar-refractivity contribution is 7.99. The Labute approximate surface area is 181 Å². The van der Waals surface area contributed by atoms with Crippen LogP contribution >= 0.6 is 23.1 Å². The van der Waals surface area contributed by atoms with E-state index in [-0.39, 0.29) is 23.5 Å². The maximum absolute atomic E-state index is 13.3. The van der Waals surface area contributed by atoms with Gasteiger partial charge < -0.3 is 5.32 Å². The van der Waals surface area contributed by atoms with Gasteiger partial charge in [-0.05, 0) is 58.6 Å². The average molecular weight is 440 g/mol. The van der Waals surface area contributed by atoms with E-state index in [0.29, 0.717) is 5.16 Å². The molecule has 9 heteroatoms. The third-order valence-corrected chi connectivity index (χ3v) is 6.24. The predicted molar refractivity (Wildman–Crippen MR) is 115 cm³/mol. The minimum absolute atomic E-state index is 0.148. The zero-order chi connectivity index (χ0) is 20.9. The Balaban J connectivity index is 1.46. The number of aromatic nitrogens is 4. The highest BCUT2D eigenvalue weighted by atomic mass is 32.2. The minimum Gasteiger partial charge on any atom is -0.344 e. The van der Waals surface area contributed by atoms with Crippen LogP contribution in [-0.4, -0.2) is 31.9 Å². The molecule has 1 unspecified atom stereocenters. The van der Waals surface area contributed by atoms with Gasteiger partial charge in [0.25, 0.3) is 0 Å². The molecule has 152 valence electrons. The summed E-state index contributed by atoms with van der Waals surface area (Å²) in [6.45, 7) is 2.01. The number of nitrogens with one attached hydrogen (secondary N) is 1. The first-order valence-electron chi connectivity index (χ1n) is 9.16. The molecule has 1 amide bonds. The highest BCUT2D eigenvalue weighted by Crippen LogP contribution is 2.27. The van der Waals surface area contributed by atoms with Gasteiger partial charge in [-0.15, -0.1) is 16.4 Å². The summed E-state index contributed by atoms with van der Waals surface area (Å²) in [5.41, 5.74) is 2.79. The number of halogens is 1. The summed E-state index contributed by atoms with van der Waals surface area (Å²) in [5.74, 6) is -0.329. The first kappa shape index (κ1) is 20.2. The quantitative estimate of drug-likeness (QED) is 0.438. The van der Waals surface area contributed by atoms with Crippen LogP contribution in [-0.2, 0) is 4.79 Å². The number of tetrazole rings is 1. The number of thiophene rings is 1. The fourth-order valence-electron chi connectivity index (χ4n) is 2.88. The summed E-state index contributed by atoms with van der Waals surface area (Å²) in [7, 11) is 0. The molecular weight excluding hydrogens is 421 g/mol. The third-order valence-electron chi connectivity index (χ3n) is 4.39. The fourth-order valence-corrected chi connectivity index (χ4v) is 4.38. The number of thioether (sulfide) groups is 1. The smallest absolute Gasteiger partial charge is 0.231 e. The molecule has 4 aromatic rings. The second-order valence-corrected chi connectivity index (χ2v) is 8.49. The lowest BCUT2D eigenvalue weighted by atomic mass is 10.1. The van der Waals surface area contributed by atoms with E-state index in [1.807, 2.05) is 48.7 Å². The van der Waals surface area contributed by atoms with Crippen molar-refractivity contribution >= 4 is 29.0 Å². The highest BCUT2D eigenvalue weighted by Gasteiger charge is 2.19. The van der Waals surface area contributed by atoms with Gasteiger partial charge in [-0.1, -0.05) is 47.7 Å². The van der Waals surface area contributed by atoms with Crippen molar-refractivity contribution in [1.29, 1.82) is 0 Å². The maximum Gasteiger partial charge on any atom is 0.231 e.